The first-order valence-corrected chi connectivity index (χ1v) is 6.36. The number of halogens is 4. The lowest BCUT2D eigenvalue weighted by Crippen LogP contribution is -2.08. The molecule has 0 saturated carbocycles. The van der Waals surface area contributed by atoms with Crippen LogP contribution in [0.15, 0.2) is 30.5 Å². The normalized spacial score (nSPS) is 11.5. The number of rotatable bonds is 4. The van der Waals surface area contributed by atoms with Crippen LogP contribution in [0.5, 0.6) is 0 Å². The summed E-state index contributed by atoms with van der Waals surface area (Å²) in [6.45, 7) is 2.62. The fourth-order valence-corrected chi connectivity index (χ4v) is 1.74. The summed E-state index contributed by atoms with van der Waals surface area (Å²) >= 11 is 0. The number of nitrogens with one attached hydrogen (secondary N) is 1. The highest BCUT2D eigenvalue weighted by Crippen LogP contribution is 2.33. The minimum Gasteiger partial charge on any atom is -0.354 e. The van der Waals surface area contributed by atoms with Crippen molar-refractivity contribution >= 4 is 5.95 Å². The van der Waals surface area contributed by atoms with Crippen molar-refractivity contribution in [2.75, 3.05) is 11.9 Å². The molecule has 0 radical (unpaired) electrons. The highest BCUT2D eigenvalue weighted by Gasteiger charge is 2.34. The zero-order valence-corrected chi connectivity index (χ0v) is 11.2. The fourth-order valence-electron chi connectivity index (χ4n) is 1.74. The highest BCUT2D eigenvalue weighted by atomic mass is 19.4. The second-order valence-corrected chi connectivity index (χ2v) is 4.38. The fraction of sp³-hybridized carbons (Fsp3) is 0.286. The molecule has 0 aliphatic heterocycles. The van der Waals surface area contributed by atoms with Crippen molar-refractivity contribution in [2.45, 2.75) is 19.5 Å². The minimum atomic E-state index is -4.74. The molecular weight excluding hydrogens is 286 g/mol. The van der Waals surface area contributed by atoms with Crippen LogP contribution in [0.4, 0.5) is 23.5 Å². The predicted octanol–water partition coefficient (Wildman–Crippen LogP) is 4.12. The Labute approximate surface area is 119 Å². The van der Waals surface area contributed by atoms with E-state index in [1.807, 2.05) is 6.92 Å². The van der Waals surface area contributed by atoms with Crippen LogP contribution in [-0.2, 0) is 6.18 Å². The number of hydrogen-bond donors (Lipinski definition) is 1. The summed E-state index contributed by atoms with van der Waals surface area (Å²) in [5.74, 6) is -0.975. The number of aromatic nitrogens is 2. The first-order chi connectivity index (χ1) is 9.91. The van der Waals surface area contributed by atoms with Gasteiger partial charge in [-0.15, -0.1) is 0 Å². The van der Waals surface area contributed by atoms with Gasteiger partial charge in [-0.2, -0.15) is 13.2 Å². The summed E-state index contributed by atoms with van der Waals surface area (Å²) in [7, 11) is 0. The third kappa shape index (κ3) is 3.68. The number of anilines is 1. The number of benzene rings is 1. The van der Waals surface area contributed by atoms with Crippen molar-refractivity contribution in [3.05, 3.63) is 41.8 Å². The third-order valence-corrected chi connectivity index (χ3v) is 2.76. The second kappa shape index (κ2) is 6.07. The molecule has 0 saturated heterocycles. The molecule has 2 aromatic rings. The largest absolute Gasteiger partial charge is 0.419 e. The Kier molecular flexibility index (Phi) is 4.40. The molecule has 0 atom stereocenters. The van der Waals surface area contributed by atoms with Gasteiger partial charge in [-0.3, -0.25) is 0 Å². The molecule has 21 heavy (non-hydrogen) atoms. The van der Waals surface area contributed by atoms with Gasteiger partial charge in [-0.05, 0) is 30.7 Å². The Bertz CT molecular complexity index is 626. The molecule has 0 spiro atoms. The van der Waals surface area contributed by atoms with E-state index in [9.17, 15) is 17.6 Å². The van der Waals surface area contributed by atoms with Gasteiger partial charge in [0.1, 0.15) is 5.82 Å². The Hall–Kier alpha value is -2.18. The van der Waals surface area contributed by atoms with E-state index in [0.717, 1.165) is 18.6 Å². The van der Waals surface area contributed by atoms with Crippen LogP contribution in [0.1, 0.15) is 18.9 Å². The lowest BCUT2D eigenvalue weighted by molar-refractivity contribution is -0.139. The smallest absolute Gasteiger partial charge is 0.354 e. The summed E-state index contributed by atoms with van der Waals surface area (Å²) < 4.78 is 51.4. The Balaban J connectivity index is 2.38. The molecule has 7 heteroatoms. The van der Waals surface area contributed by atoms with E-state index < -0.39 is 17.6 Å². The van der Waals surface area contributed by atoms with Crippen molar-refractivity contribution in [3.63, 3.8) is 0 Å². The topological polar surface area (TPSA) is 37.8 Å². The monoisotopic (exact) mass is 299 g/mol. The van der Waals surface area contributed by atoms with Gasteiger partial charge < -0.3 is 5.32 Å². The van der Waals surface area contributed by atoms with Crippen LogP contribution in [-0.4, -0.2) is 16.5 Å². The number of alkyl halides is 3. The van der Waals surface area contributed by atoms with Gasteiger partial charge in [0.15, 0.2) is 0 Å². The average molecular weight is 299 g/mol. The van der Waals surface area contributed by atoms with Gasteiger partial charge in [0.25, 0.3) is 0 Å². The summed E-state index contributed by atoms with van der Waals surface area (Å²) in [5, 5.41) is 2.94. The summed E-state index contributed by atoms with van der Waals surface area (Å²) in [4.78, 5) is 8.09. The Morgan fingerprint density at radius 3 is 2.62 bits per heavy atom. The summed E-state index contributed by atoms with van der Waals surface area (Å²) in [6, 6.07) is 4.28. The van der Waals surface area contributed by atoms with E-state index in [-0.39, 0.29) is 5.56 Å². The van der Waals surface area contributed by atoms with E-state index in [1.165, 1.54) is 18.3 Å². The molecule has 3 nitrogen and oxygen atoms in total. The number of nitrogens with zero attached hydrogens (tertiary/aromatic N) is 2. The maximum absolute atomic E-state index is 13.3. The van der Waals surface area contributed by atoms with Gasteiger partial charge in [-0.1, -0.05) is 6.92 Å². The van der Waals surface area contributed by atoms with Crippen molar-refractivity contribution in [1.29, 1.82) is 0 Å². The second-order valence-electron chi connectivity index (χ2n) is 4.38. The first-order valence-electron chi connectivity index (χ1n) is 6.36. The average Bonchev–Trinajstić information content (AvgIpc) is 2.44. The number of hydrogen-bond acceptors (Lipinski definition) is 3. The van der Waals surface area contributed by atoms with Gasteiger partial charge in [0.05, 0.1) is 11.3 Å². The molecule has 2 rings (SSSR count). The van der Waals surface area contributed by atoms with Gasteiger partial charge in [0, 0.05) is 18.3 Å². The van der Waals surface area contributed by atoms with Gasteiger partial charge in [-0.25, -0.2) is 14.4 Å². The zero-order chi connectivity index (χ0) is 15.5. The molecule has 0 amide bonds. The van der Waals surface area contributed by atoms with Gasteiger partial charge >= 0.3 is 6.18 Å². The Morgan fingerprint density at radius 1 is 1.19 bits per heavy atom. The van der Waals surface area contributed by atoms with Crippen LogP contribution in [0, 0.1) is 5.82 Å². The quantitative estimate of drug-likeness (QED) is 0.863. The molecule has 0 unspecified atom stereocenters. The molecular formula is C14H13F4N3. The van der Waals surface area contributed by atoms with Crippen LogP contribution < -0.4 is 5.32 Å². The lowest BCUT2D eigenvalue weighted by Gasteiger charge is -2.10. The molecule has 0 bridgehead atoms. The van der Waals surface area contributed by atoms with E-state index >= 15 is 0 Å². The first kappa shape index (κ1) is 15.2. The van der Waals surface area contributed by atoms with Crippen molar-refractivity contribution in [1.82, 2.24) is 9.97 Å². The van der Waals surface area contributed by atoms with Crippen LogP contribution in [0.25, 0.3) is 11.3 Å². The van der Waals surface area contributed by atoms with Gasteiger partial charge in [0.2, 0.25) is 5.95 Å². The summed E-state index contributed by atoms with van der Waals surface area (Å²) in [5.41, 5.74) is -0.818. The van der Waals surface area contributed by atoms with E-state index in [2.05, 4.69) is 15.3 Å². The molecule has 112 valence electrons. The zero-order valence-electron chi connectivity index (χ0n) is 11.2. The summed E-state index contributed by atoms with van der Waals surface area (Å²) in [6.07, 6.45) is -2.43. The molecule has 1 N–H and O–H groups in total. The predicted molar refractivity (Wildman–Crippen MR) is 71.2 cm³/mol. The molecule has 0 fully saturated rings. The highest BCUT2D eigenvalue weighted by molar-refractivity contribution is 5.61. The van der Waals surface area contributed by atoms with Crippen LogP contribution in [0.3, 0.4) is 0 Å². The molecule has 0 aliphatic carbocycles. The van der Waals surface area contributed by atoms with E-state index in [1.54, 1.807) is 0 Å². The standard InChI is InChI=1S/C14H13F4N3/c1-2-6-19-13-20-7-5-12(21-13)9-3-4-11(15)10(8-9)14(16,17)18/h3-5,7-8H,2,6H2,1H3,(H,19,20,21). The van der Waals surface area contributed by atoms with Crippen molar-refractivity contribution in [3.8, 4) is 11.3 Å². The van der Waals surface area contributed by atoms with E-state index in [0.29, 0.717) is 18.2 Å². The Morgan fingerprint density at radius 2 is 1.95 bits per heavy atom. The third-order valence-electron chi connectivity index (χ3n) is 2.76. The molecule has 1 heterocycles. The van der Waals surface area contributed by atoms with Crippen LogP contribution in [0.2, 0.25) is 0 Å². The minimum absolute atomic E-state index is 0.186. The SMILES string of the molecule is CCCNc1nccc(-c2ccc(F)c(C(F)(F)F)c2)n1. The molecule has 0 aliphatic rings. The molecule has 1 aromatic heterocycles. The van der Waals surface area contributed by atoms with Crippen molar-refractivity contribution in [2.24, 2.45) is 0 Å². The van der Waals surface area contributed by atoms with Crippen molar-refractivity contribution < 1.29 is 17.6 Å². The van der Waals surface area contributed by atoms with E-state index in [4.69, 9.17) is 0 Å². The van der Waals surface area contributed by atoms with Crippen LogP contribution >= 0.6 is 0 Å². The lowest BCUT2D eigenvalue weighted by atomic mass is 10.1. The maximum atomic E-state index is 13.3. The molecule has 1 aromatic carbocycles. The maximum Gasteiger partial charge on any atom is 0.419 e.